The van der Waals surface area contributed by atoms with Crippen LogP contribution in [0, 0.1) is 0 Å². The highest BCUT2D eigenvalue weighted by molar-refractivity contribution is 5.99. The first kappa shape index (κ1) is 21.0. The molecule has 1 amide bonds. The quantitative estimate of drug-likeness (QED) is 0.642. The van der Waals surface area contributed by atoms with E-state index in [0.717, 1.165) is 50.5 Å². The Morgan fingerprint density at radius 3 is 2.32 bits per heavy atom. The van der Waals surface area contributed by atoms with E-state index in [-0.39, 0.29) is 5.91 Å². The van der Waals surface area contributed by atoms with Gasteiger partial charge in [-0.25, -0.2) is 9.97 Å². The second-order valence-electron chi connectivity index (χ2n) is 7.71. The van der Waals surface area contributed by atoms with Gasteiger partial charge in [-0.1, -0.05) is 67.6 Å². The lowest BCUT2D eigenvalue weighted by Crippen LogP contribution is -2.47. The molecular formula is C25H29N5O. The third kappa shape index (κ3) is 5.27. The fraction of sp³-hybridized carbons (Fsp3) is 0.320. The molecule has 1 aromatic heterocycles. The zero-order valence-corrected chi connectivity index (χ0v) is 18.0. The van der Waals surface area contributed by atoms with Crippen molar-refractivity contribution in [2.24, 2.45) is 0 Å². The van der Waals surface area contributed by atoms with E-state index in [1.807, 2.05) is 48.5 Å². The number of hydrogen-bond acceptors (Lipinski definition) is 5. The van der Waals surface area contributed by atoms with Gasteiger partial charge in [0, 0.05) is 44.5 Å². The van der Waals surface area contributed by atoms with Crippen molar-refractivity contribution in [2.75, 3.05) is 44.2 Å². The molecule has 3 aromatic rings. The Bertz CT molecular complexity index is 985. The first-order valence-electron chi connectivity index (χ1n) is 11.0. The molecule has 0 saturated carbocycles. The summed E-state index contributed by atoms with van der Waals surface area (Å²) >= 11 is 0. The minimum absolute atomic E-state index is 0.122. The Kier molecular flexibility index (Phi) is 6.89. The summed E-state index contributed by atoms with van der Waals surface area (Å²) in [6.07, 6.45) is 2.47. The summed E-state index contributed by atoms with van der Waals surface area (Å²) in [5, 5.41) is 3.05. The molecule has 1 N–H and O–H groups in total. The van der Waals surface area contributed by atoms with Crippen molar-refractivity contribution >= 4 is 11.7 Å². The van der Waals surface area contributed by atoms with Crippen LogP contribution in [0.4, 0.5) is 5.82 Å². The third-order valence-electron chi connectivity index (χ3n) is 5.71. The summed E-state index contributed by atoms with van der Waals surface area (Å²) < 4.78 is 0. The molecule has 4 rings (SSSR count). The summed E-state index contributed by atoms with van der Waals surface area (Å²) in [5.74, 6) is 1.25. The van der Waals surface area contributed by atoms with E-state index in [4.69, 9.17) is 4.98 Å². The Balaban J connectivity index is 1.54. The molecule has 0 spiro atoms. The second kappa shape index (κ2) is 10.2. The maximum absolute atomic E-state index is 13.0. The Morgan fingerprint density at radius 1 is 0.968 bits per heavy atom. The largest absolute Gasteiger partial charge is 0.353 e. The van der Waals surface area contributed by atoms with Crippen molar-refractivity contribution in [2.45, 2.75) is 13.3 Å². The number of hydrogen-bond donors (Lipinski definition) is 1. The van der Waals surface area contributed by atoms with E-state index >= 15 is 0 Å². The van der Waals surface area contributed by atoms with Gasteiger partial charge in [0.1, 0.15) is 11.4 Å². The number of nitrogens with zero attached hydrogens (tertiary/aromatic N) is 4. The predicted octanol–water partition coefficient (Wildman–Crippen LogP) is 3.26. The Labute approximate surface area is 183 Å². The number of carbonyl (C=O) groups excluding carboxylic acids is 1. The van der Waals surface area contributed by atoms with Crippen LogP contribution in [0.15, 0.2) is 66.9 Å². The minimum Gasteiger partial charge on any atom is -0.353 e. The molecule has 6 heteroatoms. The highest BCUT2D eigenvalue weighted by atomic mass is 16.1. The molecule has 0 unspecified atom stereocenters. The van der Waals surface area contributed by atoms with Gasteiger partial charge < -0.3 is 15.1 Å². The highest BCUT2D eigenvalue weighted by Crippen LogP contribution is 2.23. The average Bonchev–Trinajstić information content (AvgIpc) is 2.85. The summed E-state index contributed by atoms with van der Waals surface area (Å²) in [6, 6.07) is 20.1. The van der Waals surface area contributed by atoms with Gasteiger partial charge in [-0.2, -0.15) is 0 Å². The van der Waals surface area contributed by atoms with Crippen molar-refractivity contribution in [3.63, 3.8) is 0 Å². The van der Waals surface area contributed by atoms with Gasteiger partial charge >= 0.3 is 0 Å². The van der Waals surface area contributed by atoms with Crippen molar-refractivity contribution in [3.05, 3.63) is 78.0 Å². The van der Waals surface area contributed by atoms with E-state index < -0.39 is 0 Å². The maximum Gasteiger partial charge on any atom is 0.256 e. The van der Waals surface area contributed by atoms with Crippen LogP contribution < -0.4 is 10.2 Å². The van der Waals surface area contributed by atoms with Crippen LogP contribution in [0.5, 0.6) is 0 Å². The number of nitrogens with one attached hydrogen (secondary N) is 1. The molecule has 6 nitrogen and oxygen atoms in total. The molecule has 0 radical (unpaired) electrons. The molecule has 0 aliphatic carbocycles. The fourth-order valence-corrected chi connectivity index (χ4v) is 3.84. The van der Waals surface area contributed by atoms with Crippen LogP contribution in [-0.2, 0) is 6.42 Å². The third-order valence-corrected chi connectivity index (χ3v) is 5.71. The van der Waals surface area contributed by atoms with E-state index in [0.29, 0.717) is 17.9 Å². The molecule has 1 fully saturated rings. The lowest BCUT2D eigenvalue weighted by atomic mass is 10.1. The molecule has 1 saturated heterocycles. The summed E-state index contributed by atoms with van der Waals surface area (Å²) in [7, 11) is 0. The number of anilines is 1. The highest BCUT2D eigenvalue weighted by Gasteiger charge is 2.23. The summed E-state index contributed by atoms with van der Waals surface area (Å²) in [5.41, 5.74) is 2.69. The normalized spacial score (nSPS) is 14.4. The van der Waals surface area contributed by atoms with Crippen LogP contribution in [0.3, 0.4) is 0 Å². The van der Waals surface area contributed by atoms with Gasteiger partial charge in [-0.05, 0) is 18.5 Å². The van der Waals surface area contributed by atoms with Crippen LogP contribution in [-0.4, -0.2) is 60.0 Å². The summed E-state index contributed by atoms with van der Waals surface area (Å²) in [4.78, 5) is 27.0. The molecule has 31 heavy (non-hydrogen) atoms. The monoisotopic (exact) mass is 415 g/mol. The van der Waals surface area contributed by atoms with E-state index in [9.17, 15) is 4.79 Å². The number of aromatic nitrogens is 2. The number of amides is 1. The lowest BCUT2D eigenvalue weighted by Gasteiger charge is -2.35. The van der Waals surface area contributed by atoms with E-state index in [1.54, 1.807) is 6.20 Å². The van der Waals surface area contributed by atoms with Gasteiger partial charge in [0.2, 0.25) is 0 Å². The standard InChI is InChI=1S/C25H29N5O/c1-2-29-15-17-30(18-16-29)24-22(19-27-23(28-24)21-11-7-4-8-12-21)25(31)26-14-13-20-9-5-3-6-10-20/h3-12,19H,2,13-18H2,1H3,(H,26,31). The second-order valence-corrected chi connectivity index (χ2v) is 7.71. The fourth-order valence-electron chi connectivity index (χ4n) is 3.84. The molecule has 0 atom stereocenters. The number of carbonyl (C=O) groups is 1. The van der Waals surface area contributed by atoms with Crippen molar-refractivity contribution in [1.29, 1.82) is 0 Å². The van der Waals surface area contributed by atoms with Crippen molar-refractivity contribution < 1.29 is 4.79 Å². The zero-order chi connectivity index (χ0) is 21.5. The molecule has 160 valence electrons. The molecule has 2 heterocycles. The minimum atomic E-state index is -0.122. The number of benzene rings is 2. The number of likely N-dealkylation sites (N-methyl/N-ethyl adjacent to an activating group) is 1. The van der Waals surface area contributed by atoms with E-state index in [2.05, 4.69) is 39.2 Å². The smallest absolute Gasteiger partial charge is 0.256 e. The molecule has 0 bridgehead atoms. The summed E-state index contributed by atoms with van der Waals surface area (Å²) in [6.45, 7) is 7.44. The first-order chi connectivity index (χ1) is 15.2. The Hall–Kier alpha value is -3.25. The molecular weight excluding hydrogens is 386 g/mol. The van der Waals surface area contributed by atoms with Crippen LogP contribution in [0.1, 0.15) is 22.8 Å². The SMILES string of the molecule is CCN1CCN(c2nc(-c3ccccc3)ncc2C(=O)NCCc2ccccc2)CC1. The van der Waals surface area contributed by atoms with Gasteiger partial charge in [0.05, 0.1) is 0 Å². The maximum atomic E-state index is 13.0. The Morgan fingerprint density at radius 2 is 1.65 bits per heavy atom. The van der Waals surface area contributed by atoms with E-state index in [1.165, 1.54) is 5.56 Å². The van der Waals surface area contributed by atoms with Crippen LogP contribution in [0.25, 0.3) is 11.4 Å². The number of rotatable bonds is 7. The van der Waals surface area contributed by atoms with Gasteiger partial charge in [-0.3, -0.25) is 4.79 Å². The van der Waals surface area contributed by atoms with Crippen molar-refractivity contribution in [3.8, 4) is 11.4 Å². The zero-order valence-electron chi connectivity index (χ0n) is 18.0. The van der Waals surface area contributed by atoms with Gasteiger partial charge in [-0.15, -0.1) is 0 Å². The predicted molar refractivity (Wildman–Crippen MR) is 124 cm³/mol. The molecule has 1 aliphatic heterocycles. The lowest BCUT2D eigenvalue weighted by molar-refractivity contribution is 0.0953. The van der Waals surface area contributed by atoms with Gasteiger partial charge in [0.25, 0.3) is 5.91 Å². The first-order valence-corrected chi connectivity index (χ1v) is 11.0. The van der Waals surface area contributed by atoms with Crippen molar-refractivity contribution in [1.82, 2.24) is 20.2 Å². The van der Waals surface area contributed by atoms with Crippen LogP contribution >= 0.6 is 0 Å². The topological polar surface area (TPSA) is 61.4 Å². The van der Waals surface area contributed by atoms with Gasteiger partial charge in [0.15, 0.2) is 5.82 Å². The molecule has 2 aromatic carbocycles. The average molecular weight is 416 g/mol. The number of piperazine rings is 1. The van der Waals surface area contributed by atoms with Crippen LogP contribution in [0.2, 0.25) is 0 Å². The molecule has 1 aliphatic rings.